The van der Waals surface area contributed by atoms with E-state index >= 15 is 0 Å². The summed E-state index contributed by atoms with van der Waals surface area (Å²) >= 11 is 17.5. The average Bonchev–Trinajstić information content (AvgIpc) is 2.81. The van der Waals surface area contributed by atoms with Crippen molar-refractivity contribution in [2.24, 2.45) is 5.41 Å². The molecule has 0 heterocycles. The SMILES string of the molecule is C=CCN(C(=S)CCCCCCl)c1cccc(NC(=S)C(C)(CCC)Cc2ccccc2)c1. The molecule has 33 heavy (non-hydrogen) atoms. The molecular formula is C28H37ClN2S2. The third-order valence-corrected chi connectivity index (χ3v) is 7.13. The van der Waals surface area contributed by atoms with E-state index in [9.17, 15) is 0 Å². The third-order valence-electron chi connectivity index (χ3n) is 5.84. The van der Waals surface area contributed by atoms with Gasteiger partial charge in [0.1, 0.15) is 0 Å². The summed E-state index contributed by atoms with van der Waals surface area (Å²) in [5.74, 6) is 0.706. The van der Waals surface area contributed by atoms with Crippen LogP contribution in [0.5, 0.6) is 0 Å². The van der Waals surface area contributed by atoms with Crippen LogP contribution >= 0.6 is 36.0 Å². The monoisotopic (exact) mass is 500 g/mol. The predicted octanol–water partition coefficient (Wildman–Crippen LogP) is 8.59. The second-order valence-corrected chi connectivity index (χ2v) is 10.0. The standard InChI is InChI=1S/C28H37ClN2S2/c1-4-18-28(3,22-23-13-8-6-9-14-23)27(33)30-24-15-12-16-25(21-24)31(20-5-2)26(32)17-10-7-11-19-29/h5-6,8-9,12-16,21H,2,4,7,10-11,17-20,22H2,1,3H3,(H,30,33). The van der Waals surface area contributed by atoms with Gasteiger partial charge in [0.25, 0.3) is 0 Å². The fourth-order valence-corrected chi connectivity index (χ4v) is 4.88. The highest BCUT2D eigenvalue weighted by Crippen LogP contribution is 2.32. The van der Waals surface area contributed by atoms with E-state index in [0.29, 0.717) is 12.4 Å². The van der Waals surface area contributed by atoms with Gasteiger partial charge in [0, 0.05) is 29.2 Å². The fourth-order valence-electron chi connectivity index (χ4n) is 4.08. The quantitative estimate of drug-likeness (QED) is 0.121. The van der Waals surface area contributed by atoms with Crippen molar-refractivity contribution in [2.45, 2.75) is 58.8 Å². The molecule has 178 valence electrons. The molecule has 0 radical (unpaired) electrons. The van der Waals surface area contributed by atoms with Crippen LogP contribution in [0, 0.1) is 5.41 Å². The summed E-state index contributed by atoms with van der Waals surface area (Å²) in [5, 5.41) is 3.54. The van der Waals surface area contributed by atoms with Gasteiger partial charge in [0.2, 0.25) is 0 Å². The minimum atomic E-state index is -0.111. The Bertz CT molecular complexity index is 900. The van der Waals surface area contributed by atoms with E-state index < -0.39 is 0 Å². The molecule has 5 heteroatoms. The van der Waals surface area contributed by atoms with Crippen LogP contribution in [0.4, 0.5) is 11.4 Å². The second kappa shape index (κ2) is 14.5. The first-order valence-electron chi connectivity index (χ1n) is 11.9. The Morgan fingerprint density at radius 3 is 2.52 bits per heavy atom. The van der Waals surface area contributed by atoms with Gasteiger partial charge in [-0.25, -0.2) is 0 Å². The summed E-state index contributed by atoms with van der Waals surface area (Å²) in [7, 11) is 0. The number of rotatable bonds is 14. The number of anilines is 2. The van der Waals surface area contributed by atoms with Gasteiger partial charge in [0.15, 0.2) is 0 Å². The Hall–Kier alpha value is -1.75. The number of halogens is 1. The van der Waals surface area contributed by atoms with Crippen molar-refractivity contribution < 1.29 is 0 Å². The second-order valence-electron chi connectivity index (χ2n) is 8.77. The minimum Gasteiger partial charge on any atom is -0.350 e. The number of hydrogen-bond acceptors (Lipinski definition) is 2. The molecular weight excluding hydrogens is 464 g/mol. The molecule has 0 amide bonds. The number of thiocarbonyl (C=S) groups is 2. The first-order valence-corrected chi connectivity index (χ1v) is 13.2. The first kappa shape index (κ1) is 27.5. The highest BCUT2D eigenvalue weighted by molar-refractivity contribution is 7.80. The molecule has 0 bridgehead atoms. The molecule has 1 N–H and O–H groups in total. The normalized spacial score (nSPS) is 12.6. The Balaban J connectivity index is 2.15. The van der Waals surface area contributed by atoms with Crippen LogP contribution < -0.4 is 10.2 Å². The molecule has 2 rings (SSSR count). The van der Waals surface area contributed by atoms with Gasteiger partial charge in [-0.2, -0.15) is 0 Å². The molecule has 0 fully saturated rings. The Kier molecular flexibility index (Phi) is 12.1. The van der Waals surface area contributed by atoms with Crippen molar-refractivity contribution in [2.75, 3.05) is 22.6 Å². The van der Waals surface area contributed by atoms with Crippen LogP contribution in [0.15, 0.2) is 67.3 Å². The van der Waals surface area contributed by atoms with Gasteiger partial charge in [-0.05, 0) is 55.9 Å². The summed E-state index contributed by atoms with van der Waals surface area (Å²) in [4.78, 5) is 3.97. The minimum absolute atomic E-state index is 0.111. The number of nitrogens with one attached hydrogen (secondary N) is 1. The van der Waals surface area contributed by atoms with Crippen molar-refractivity contribution in [3.05, 3.63) is 72.8 Å². The lowest BCUT2D eigenvalue weighted by atomic mass is 9.79. The van der Waals surface area contributed by atoms with Crippen LogP contribution in [0.1, 0.15) is 57.9 Å². The van der Waals surface area contributed by atoms with Crippen LogP contribution in [-0.2, 0) is 6.42 Å². The van der Waals surface area contributed by atoms with E-state index in [4.69, 9.17) is 36.0 Å². The molecule has 0 aromatic heterocycles. The van der Waals surface area contributed by atoms with E-state index in [1.807, 2.05) is 6.08 Å². The van der Waals surface area contributed by atoms with Crippen molar-refractivity contribution in [1.82, 2.24) is 0 Å². The lowest BCUT2D eigenvalue weighted by Gasteiger charge is -2.31. The van der Waals surface area contributed by atoms with Crippen LogP contribution in [-0.4, -0.2) is 22.4 Å². The summed E-state index contributed by atoms with van der Waals surface area (Å²) in [6.45, 7) is 9.09. The van der Waals surface area contributed by atoms with Gasteiger partial charge >= 0.3 is 0 Å². The molecule has 0 aliphatic heterocycles. The molecule has 1 atom stereocenters. The predicted molar refractivity (Wildman–Crippen MR) is 155 cm³/mol. The Morgan fingerprint density at radius 1 is 1.09 bits per heavy atom. The molecule has 2 aromatic rings. The summed E-state index contributed by atoms with van der Waals surface area (Å²) in [6.07, 6.45) is 8.98. The number of benzene rings is 2. The Labute approximate surface area is 216 Å². The highest BCUT2D eigenvalue weighted by atomic mass is 35.5. The zero-order valence-corrected chi connectivity index (χ0v) is 22.4. The van der Waals surface area contributed by atoms with Crippen molar-refractivity contribution in [3.8, 4) is 0 Å². The van der Waals surface area contributed by atoms with Gasteiger partial charge in [-0.15, -0.1) is 18.2 Å². The lowest BCUT2D eigenvalue weighted by molar-refractivity contribution is 0.424. The molecule has 0 saturated heterocycles. The molecule has 2 nitrogen and oxygen atoms in total. The summed E-state index contributed by atoms with van der Waals surface area (Å²) in [6, 6.07) is 19.0. The number of alkyl halides is 1. The first-order chi connectivity index (χ1) is 15.9. The number of nitrogens with zero attached hydrogens (tertiary/aromatic N) is 1. The molecule has 0 spiro atoms. The smallest absolute Gasteiger partial charge is 0.0860 e. The van der Waals surface area contributed by atoms with Crippen LogP contribution in [0.25, 0.3) is 0 Å². The van der Waals surface area contributed by atoms with Gasteiger partial charge < -0.3 is 10.2 Å². The number of hydrogen-bond donors (Lipinski definition) is 1. The topological polar surface area (TPSA) is 15.3 Å². The van der Waals surface area contributed by atoms with Gasteiger partial charge in [0.05, 0.1) is 9.98 Å². The zero-order chi connectivity index (χ0) is 24.1. The van der Waals surface area contributed by atoms with E-state index in [1.54, 1.807) is 0 Å². The van der Waals surface area contributed by atoms with Crippen LogP contribution in [0.2, 0.25) is 0 Å². The van der Waals surface area contributed by atoms with Crippen molar-refractivity contribution >= 4 is 57.4 Å². The van der Waals surface area contributed by atoms with E-state index in [-0.39, 0.29) is 5.41 Å². The van der Waals surface area contributed by atoms with E-state index in [2.05, 4.69) is 85.2 Å². The highest BCUT2D eigenvalue weighted by Gasteiger charge is 2.29. The van der Waals surface area contributed by atoms with Gasteiger partial charge in [-0.1, -0.05) is 93.6 Å². The summed E-state index contributed by atoms with van der Waals surface area (Å²) in [5.41, 5.74) is 3.25. The zero-order valence-electron chi connectivity index (χ0n) is 20.0. The van der Waals surface area contributed by atoms with Gasteiger partial charge in [-0.3, -0.25) is 0 Å². The Morgan fingerprint density at radius 2 is 1.85 bits per heavy atom. The summed E-state index contributed by atoms with van der Waals surface area (Å²) < 4.78 is 0. The van der Waals surface area contributed by atoms with Crippen molar-refractivity contribution in [1.29, 1.82) is 0 Å². The lowest BCUT2D eigenvalue weighted by Crippen LogP contribution is -2.34. The molecule has 0 saturated carbocycles. The molecule has 1 unspecified atom stereocenters. The molecule has 2 aromatic carbocycles. The van der Waals surface area contributed by atoms with Crippen molar-refractivity contribution in [3.63, 3.8) is 0 Å². The maximum Gasteiger partial charge on any atom is 0.0860 e. The maximum absolute atomic E-state index is 5.95. The van der Waals surface area contributed by atoms with Crippen LogP contribution in [0.3, 0.4) is 0 Å². The average molecular weight is 501 g/mol. The van der Waals surface area contributed by atoms with E-state index in [1.165, 1.54) is 5.56 Å². The maximum atomic E-state index is 5.95. The number of unbranched alkanes of at least 4 members (excludes halogenated alkanes) is 2. The van der Waals surface area contributed by atoms with E-state index in [0.717, 1.165) is 66.3 Å². The third kappa shape index (κ3) is 8.84. The fraction of sp³-hybridized carbons (Fsp3) is 0.429. The largest absolute Gasteiger partial charge is 0.350 e. The molecule has 0 aliphatic rings. The molecule has 0 aliphatic carbocycles.